The van der Waals surface area contributed by atoms with Crippen LogP contribution in [0.15, 0.2) is 64.4 Å². The van der Waals surface area contributed by atoms with Gasteiger partial charge < -0.3 is 5.32 Å². The third kappa shape index (κ3) is 3.44. The van der Waals surface area contributed by atoms with Gasteiger partial charge >= 0.3 is 0 Å². The van der Waals surface area contributed by atoms with Crippen molar-refractivity contribution in [2.75, 3.05) is 10.6 Å². The first kappa shape index (κ1) is 17.0. The highest BCUT2D eigenvalue weighted by Crippen LogP contribution is 2.26. The van der Waals surface area contributed by atoms with Crippen LogP contribution >= 0.6 is 0 Å². The van der Waals surface area contributed by atoms with Gasteiger partial charge in [-0.05, 0) is 43.7 Å². The molecule has 2 N–H and O–H groups in total. The fourth-order valence-corrected chi connectivity index (χ4v) is 2.94. The Labute approximate surface area is 155 Å². The molecule has 136 valence electrons. The van der Waals surface area contributed by atoms with Gasteiger partial charge in [-0.25, -0.2) is 14.4 Å². The van der Waals surface area contributed by atoms with Crippen molar-refractivity contribution in [3.05, 3.63) is 87.6 Å². The molecule has 0 unspecified atom stereocenters. The number of aromatic nitrogens is 2. The van der Waals surface area contributed by atoms with Gasteiger partial charge in [0.05, 0.1) is 0 Å². The second-order valence-electron chi connectivity index (χ2n) is 6.45. The molecule has 6 nitrogen and oxygen atoms in total. The predicted octanol–water partition coefficient (Wildman–Crippen LogP) is 3.44. The molecule has 0 radical (unpaired) electrons. The lowest BCUT2D eigenvalue weighted by atomic mass is 10.1. The van der Waals surface area contributed by atoms with E-state index < -0.39 is 6.17 Å². The van der Waals surface area contributed by atoms with E-state index in [2.05, 4.69) is 20.6 Å². The number of benzene rings is 2. The number of hydrogen-bond donors (Lipinski definition) is 2. The maximum Gasteiger partial charge on any atom is 0.257 e. The summed E-state index contributed by atoms with van der Waals surface area (Å²) < 4.78 is 14.8. The van der Waals surface area contributed by atoms with Gasteiger partial charge in [0.2, 0.25) is 11.9 Å². The smallest absolute Gasteiger partial charge is 0.257 e. The summed E-state index contributed by atoms with van der Waals surface area (Å²) in [7, 11) is 0. The van der Waals surface area contributed by atoms with Crippen LogP contribution < -0.4 is 16.2 Å². The number of aryl methyl sites for hydroxylation is 2. The van der Waals surface area contributed by atoms with Crippen molar-refractivity contribution in [3.63, 3.8) is 0 Å². The van der Waals surface area contributed by atoms with Gasteiger partial charge in [-0.2, -0.15) is 0 Å². The molecule has 1 aliphatic heterocycles. The SMILES string of the molecule is Cc1ccc(NC2=N[C@@H](c3ccc(F)cc3)n3c(nc(C)cc3=O)N2)cc1. The Balaban J connectivity index is 1.78. The van der Waals surface area contributed by atoms with Crippen LogP contribution in [0.4, 0.5) is 16.0 Å². The molecule has 0 saturated carbocycles. The number of nitrogens with one attached hydrogen (secondary N) is 2. The summed E-state index contributed by atoms with van der Waals surface area (Å²) in [6, 6.07) is 15.3. The van der Waals surface area contributed by atoms with Crippen LogP contribution in [0.5, 0.6) is 0 Å². The molecule has 0 spiro atoms. The van der Waals surface area contributed by atoms with E-state index >= 15 is 0 Å². The molecule has 0 saturated heterocycles. The number of anilines is 2. The maximum atomic E-state index is 13.3. The monoisotopic (exact) mass is 363 g/mol. The van der Waals surface area contributed by atoms with Gasteiger partial charge in [0.1, 0.15) is 5.82 Å². The maximum absolute atomic E-state index is 13.3. The molecular formula is C20H18FN5O. The summed E-state index contributed by atoms with van der Waals surface area (Å²) in [6.07, 6.45) is -0.643. The lowest BCUT2D eigenvalue weighted by Crippen LogP contribution is -2.37. The highest BCUT2D eigenvalue weighted by Gasteiger charge is 2.25. The topological polar surface area (TPSA) is 71.3 Å². The standard InChI is InChI=1S/C20H18FN5O/c1-12-3-9-16(10-4-12)23-19-24-18(14-5-7-15(21)8-6-14)26-17(27)11-13(2)22-20(26)25-19/h3-11,18H,1-2H3,(H2,22,23,24,25)/t18-/m1/s1. The number of aliphatic imine (C=N–C) groups is 1. The average molecular weight is 363 g/mol. The minimum absolute atomic E-state index is 0.225. The second-order valence-corrected chi connectivity index (χ2v) is 6.45. The molecule has 3 aromatic rings. The minimum atomic E-state index is -0.643. The van der Waals surface area contributed by atoms with Gasteiger partial charge in [-0.15, -0.1) is 0 Å². The van der Waals surface area contributed by atoms with Crippen LogP contribution in [0.2, 0.25) is 0 Å². The van der Waals surface area contributed by atoms with Crippen molar-refractivity contribution in [1.82, 2.24) is 9.55 Å². The molecule has 1 atom stereocenters. The van der Waals surface area contributed by atoms with Gasteiger partial charge in [0.15, 0.2) is 6.17 Å². The molecule has 0 bridgehead atoms. The summed E-state index contributed by atoms with van der Waals surface area (Å²) >= 11 is 0. The number of nitrogens with zero attached hydrogens (tertiary/aromatic N) is 3. The van der Waals surface area contributed by atoms with Crippen molar-refractivity contribution >= 4 is 17.6 Å². The highest BCUT2D eigenvalue weighted by molar-refractivity contribution is 6.03. The van der Waals surface area contributed by atoms with Crippen molar-refractivity contribution in [1.29, 1.82) is 0 Å². The number of halogens is 1. The normalized spacial score (nSPS) is 15.5. The quantitative estimate of drug-likeness (QED) is 0.732. The molecule has 1 aromatic heterocycles. The average Bonchev–Trinajstić information content (AvgIpc) is 2.63. The third-order valence-corrected chi connectivity index (χ3v) is 4.29. The van der Waals surface area contributed by atoms with Gasteiger partial charge in [0, 0.05) is 17.4 Å². The van der Waals surface area contributed by atoms with Crippen molar-refractivity contribution in [3.8, 4) is 0 Å². The largest absolute Gasteiger partial charge is 0.326 e. The molecule has 1 aliphatic rings. The summed E-state index contributed by atoms with van der Waals surface area (Å²) in [5, 5.41) is 6.28. The van der Waals surface area contributed by atoms with Crippen molar-refractivity contribution < 1.29 is 4.39 Å². The zero-order valence-corrected chi connectivity index (χ0v) is 14.9. The van der Waals surface area contributed by atoms with Crippen LogP contribution in [-0.4, -0.2) is 15.5 Å². The van der Waals surface area contributed by atoms with E-state index in [1.165, 1.54) is 22.8 Å². The van der Waals surface area contributed by atoms with Gasteiger partial charge in [-0.3, -0.25) is 14.7 Å². The van der Waals surface area contributed by atoms with Crippen LogP contribution in [0.25, 0.3) is 0 Å². The summed E-state index contributed by atoms with van der Waals surface area (Å²) in [5.74, 6) is 0.508. The summed E-state index contributed by atoms with van der Waals surface area (Å²) in [6.45, 7) is 3.77. The number of hydrogen-bond acceptors (Lipinski definition) is 5. The zero-order valence-electron chi connectivity index (χ0n) is 14.9. The first-order chi connectivity index (χ1) is 13.0. The molecule has 0 aliphatic carbocycles. The Kier molecular flexibility index (Phi) is 4.19. The molecule has 2 heterocycles. The molecule has 7 heteroatoms. The van der Waals surface area contributed by atoms with Gasteiger partial charge in [0.25, 0.3) is 5.56 Å². The third-order valence-electron chi connectivity index (χ3n) is 4.29. The van der Waals surface area contributed by atoms with Crippen molar-refractivity contribution in [2.45, 2.75) is 20.0 Å². The van der Waals surface area contributed by atoms with Gasteiger partial charge in [-0.1, -0.05) is 29.8 Å². The van der Waals surface area contributed by atoms with E-state index in [1.54, 1.807) is 19.1 Å². The second kappa shape index (κ2) is 6.68. The highest BCUT2D eigenvalue weighted by atomic mass is 19.1. The number of fused-ring (bicyclic) bond motifs is 1. The Morgan fingerprint density at radius 2 is 1.78 bits per heavy atom. The van der Waals surface area contributed by atoms with E-state index in [0.717, 1.165) is 11.3 Å². The minimum Gasteiger partial charge on any atom is -0.326 e. The number of rotatable bonds is 2. The van der Waals surface area contributed by atoms with E-state index in [1.807, 2.05) is 31.2 Å². The van der Waals surface area contributed by atoms with E-state index in [0.29, 0.717) is 23.2 Å². The summed E-state index contributed by atoms with van der Waals surface area (Å²) in [5.41, 5.74) is 3.08. The lowest BCUT2D eigenvalue weighted by molar-refractivity contribution is 0.573. The number of guanidine groups is 1. The first-order valence-corrected chi connectivity index (χ1v) is 8.54. The van der Waals surface area contributed by atoms with Crippen LogP contribution in [-0.2, 0) is 0 Å². The van der Waals surface area contributed by atoms with E-state index in [4.69, 9.17) is 0 Å². The summed E-state index contributed by atoms with van der Waals surface area (Å²) in [4.78, 5) is 21.6. The molecule has 2 aromatic carbocycles. The van der Waals surface area contributed by atoms with Crippen molar-refractivity contribution in [2.24, 2.45) is 4.99 Å². The molecular weight excluding hydrogens is 345 g/mol. The lowest BCUT2D eigenvalue weighted by Gasteiger charge is -2.27. The fraction of sp³-hybridized carbons (Fsp3) is 0.150. The first-order valence-electron chi connectivity index (χ1n) is 8.54. The Hall–Kier alpha value is -3.48. The molecule has 4 rings (SSSR count). The fourth-order valence-electron chi connectivity index (χ4n) is 2.94. The predicted molar refractivity (Wildman–Crippen MR) is 104 cm³/mol. The van der Waals surface area contributed by atoms with Crippen LogP contribution in [0.1, 0.15) is 23.0 Å². The van der Waals surface area contributed by atoms with Crippen LogP contribution in [0.3, 0.4) is 0 Å². The Morgan fingerprint density at radius 1 is 1.07 bits per heavy atom. The van der Waals surface area contributed by atoms with E-state index in [9.17, 15) is 9.18 Å². The molecule has 0 fully saturated rings. The van der Waals surface area contributed by atoms with Crippen LogP contribution in [0, 0.1) is 19.7 Å². The molecule has 0 amide bonds. The Morgan fingerprint density at radius 3 is 2.48 bits per heavy atom. The van der Waals surface area contributed by atoms with E-state index in [-0.39, 0.29) is 11.4 Å². The Bertz CT molecular complexity index is 1070. The zero-order chi connectivity index (χ0) is 19.0. The molecule has 27 heavy (non-hydrogen) atoms.